The lowest BCUT2D eigenvalue weighted by Gasteiger charge is -2.38. The summed E-state index contributed by atoms with van der Waals surface area (Å²) >= 11 is 1.39. The lowest BCUT2D eigenvalue weighted by Crippen LogP contribution is -2.44. The van der Waals surface area contributed by atoms with E-state index in [2.05, 4.69) is 10.3 Å². The molecule has 0 bridgehead atoms. The van der Waals surface area contributed by atoms with Crippen LogP contribution >= 0.6 is 11.3 Å². The van der Waals surface area contributed by atoms with Crippen LogP contribution in [0.15, 0.2) is 41.9 Å². The highest BCUT2D eigenvalue weighted by Crippen LogP contribution is 2.36. The summed E-state index contributed by atoms with van der Waals surface area (Å²) < 4.78 is 0. The van der Waals surface area contributed by atoms with E-state index in [9.17, 15) is 9.59 Å². The molecule has 0 spiro atoms. The first-order chi connectivity index (χ1) is 10.7. The van der Waals surface area contributed by atoms with Crippen molar-refractivity contribution in [2.75, 3.05) is 12.4 Å². The van der Waals surface area contributed by atoms with Crippen molar-refractivity contribution in [1.82, 2.24) is 9.88 Å². The zero-order chi connectivity index (χ0) is 15.5. The summed E-state index contributed by atoms with van der Waals surface area (Å²) in [6.45, 7) is 0. The Morgan fingerprint density at radius 2 is 2.14 bits per heavy atom. The van der Waals surface area contributed by atoms with Crippen molar-refractivity contribution < 1.29 is 9.59 Å². The predicted octanol–water partition coefficient (Wildman–Crippen LogP) is 2.69. The standard InChI is InChI=1S/C16H17N3O2S/c1-19-13(20)8-7-12(14(19)11-5-3-2-4-6-11)15(21)18-16-17-9-10-22-16/h2-6,9-10,12,14H,7-8H2,1H3,(H,17,18,21)/t12-,14+/m1/s1. The summed E-state index contributed by atoms with van der Waals surface area (Å²) in [5, 5.41) is 5.27. The molecular weight excluding hydrogens is 298 g/mol. The number of anilines is 1. The lowest BCUT2D eigenvalue weighted by molar-refractivity contribution is -0.140. The van der Waals surface area contributed by atoms with Gasteiger partial charge in [-0.15, -0.1) is 11.3 Å². The van der Waals surface area contributed by atoms with Crippen LogP contribution in [0.2, 0.25) is 0 Å². The maximum absolute atomic E-state index is 12.6. The van der Waals surface area contributed by atoms with E-state index in [1.807, 2.05) is 35.7 Å². The van der Waals surface area contributed by atoms with E-state index in [4.69, 9.17) is 0 Å². The van der Waals surface area contributed by atoms with Crippen molar-refractivity contribution in [3.05, 3.63) is 47.5 Å². The molecule has 1 aliphatic heterocycles. The largest absolute Gasteiger partial charge is 0.338 e. The summed E-state index contributed by atoms with van der Waals surface area (Å²) in [6, 6.07) is 9.48. The van der Waals surface area contributed by atoms with Gasteiger partial charge in [0.2, 0.25) is 11.8 Å². The molecule has 0 aliphatic carbocycles. The summed E-state index contributed by atoms with van der Waals surface area (Å²) in [4.78, 5) is 30.4. The lowest BCUT2D eigenvalue weighted by atomic mass is 9.84. The van der Waals surface area contributed by atoms with Gasteiger partial charge in [-0.3, -0.25) is 9.59 Å². The molecule has 1 aromatic heterocycles. The molecule has 3 rings (SSSR count). The second-order valence-corrected chi connectivity index (χ2v) is 6.23. The van der Waals surface area contributed by atoms with Gasteiger partial charge in [-0.1, -0.05) is 30.3 Å². The van der Waals surface area contributed by atoms with E-state index in [0.717, 1.165) is 5.56 Å². The minimum Gasteiger partial charge on any atom is -0.338 e. The number of carbonyl (C=O) groups excluding carboxylic acids is 2. The van der Waals surface area contributed by atoms with Gasteiger partial charge in [0.1, 0.15) is 0 Å². The average Bonchev–Trinajstić information content (AvgIpc) is 3.03. The van der Waals surface area contributed by atoms with Crippen molar-refractivity contribution in [2.24, 2.45) is 5.92 Å². The molecule has 0 saturated carbocycles. The number of nitrogens with zero attached hydrogens (tertiary/aromatic N) is 2. The van der Waals surface area contributed by atoms with Crippen LogP contribution in [0.25, 0.3) is 0 Å². The Hall–Kier alpha value is -2.21. The minimum atomic E-state index is -0.269. The molecule has 22 heavy (non-hydrogen) atoms. The molecule has 1 fully saturated rings. The molecular formula is C16H17N3O2S. The number of likely N-dealkylation sites (tertiary alicyclic amines) is 1. The van der Waals surface area contributed by atoms with Crippen LogP contribution in [0.1, 0.15) is 24.4 Å². The molecule has 0 unspecified atom stereocenters. The zero-order valence-electron chi connectivity index (χ0n) is 12.2. The van der Waals surface area contributed by atoms with Gasteiger partial charge >= 0.3 is 0 Å². The highest BCUT2D eigenvalue weighted by Gasteiger charge is 2.38. The Morgan fingerprint density at radius 3 is 2.82 bits per heavy atom. The summed E-state index contributed by atoms with van der Waals surface area (Å²) in [7, 11) is 1.77. The van der Waals surface area contributed by atoms with Crippen LogP contribution in [0.4, 0.5) is 5.13 Å². The van der Waals surface area contributed by atoms with Crippen LogP contribution in [-0.4, -0.2) is 28.7 Å². The Labute approximate surface area is 133 Å². The normalized spacial score (nSPS) is 21.7. The molecule has 1 aromatic carbocycles. The molecule has 0 radical (unpaired) electrons. The molecule has 2 heterocycles. The topological polar surface area (TPSA) is 62.3 Å². The molecule has 6 heteroatoms. The first-order valence-corrected chi connectivity index (χ1v) is 8.06. The number of aromatic nitrogens is 1. The average molecular weight is 315 g/mol. The van der Waals surface area contributed by atoms with E-state index in [1.165, 1.54) is 11.3 Å². The molecule has 114 valence electrons. The molecule has 1 aliphatic rings. The fraction of sp³-hybridized carbons (Fsp3) is 0.312. The van der Waals surface area contributed by atoms with Crippen LogP contribution in [0.5, 0.6) is 0 Å². The minimum absolute atomic E-state index is 0.0761. The van der Waals surface area contributed by atoms with Gasteiger partial charge in [0, 0.05) is 25.0 Å². The smallest absolute Gasteiger partial charge is 0.231 e. The number of amides is 2. The SMILES string of the molecule is CN1C(=O)CC[C@@H](C(=O)Nc2nccs2)[C@@H]1c1ccccc1. The maximum Gasteiger partial charge on any atom is 0.231 e. The zero-order valence-corrected chi connectivity index (χ0v) is 13.0. The first kappa shape index (κ1) is 14.7. The van der Waals surface area contributed by atoms with Crippen molar-refractivity contribution in [2.45, 2.75) is 18.9 Å². The number of hydrogen-bond donors (Lipinski definition) is 1. The Balaban J connectivity index is 1.87. The van der Waals surface area contributed by atoms with E-state index >= 15 is 0 Å². The highest BCUT2D eigenvalue weighted by atomic mass is 32.1. The van der Waals surface area contributed by atoms with Crippen molar-refractivity contribution >= 4 is 28.3 Å². The van der Waals surface area contributed by atoms with Crippen LogP contribution in [0, 0.1) is 5.92 Å². The van der Waals surface area contributed by atoms with Gasteiger partial charge in [-0.05, 0) is 12.0 Å². The van der Waals surface area contributed by atoms with Crippen LogP contribution in [0.3, 0.4) is 0 Å². The van der Waals surface area contributed by atoms with Gasteiger partial charge in [0.05, 0.1) is 12.0 Å². The third-order valence-corrected chi connectivity index (χ3v) is 4.69. The number of thiazole rings is 1. The van der Waals surface area contributed by atoms with Crippen LogP contribution in [-0.2, 0) is 9.59 Å². The van der Waals surface area contributed by atoms with Gasteiger partial charge < -0.3 is 10.2 Å². The summed E-state index contributed by atoms with van der Waals surface area (Å²) in [6.07, 6.45) is 2.61. The fourth-order valence-corrected chi connectivity index (χ4v) is 3.43. The second-order valence-electron chi connectivity index (χ2n) is 5.33. The summed E-state index contributed by atoms with van der Waals surface area (Å²) in [5.74, 6) is -0.274. The van der Waals surface area contributed by atoms with Crippen molar-refractivity contribution in [3.63, 3.8) is 0 Å². The van der Waals surface area contributed by atoms with E-state index in [-0.39, 0.29) is 23.8 Å². The van der Waals surface area contributed by atoms with Gasteiger partial charge in [0.15, 0.2) is 5.13 Å². The van der Waals surface area contributed by atoms with Gasteiger partial charge in [-0.2, -0.15) is 0 Å². The van der Waals surface area contributed by atoms with E-state index in [1.54, 1.807) is 18.1 Å². The molecule has 1 N–H and O–H groups in total. The van der Waals surface area contributed by atoms with Crippen molar-refractivity contribution in [1.29, 1.82) is 0 Å². The Kier molecular flexibility index (Phi) is 4.20. The van der Waals surface area contributed by atoms with Gasteiger partial charge in [0.25, 0.3) is 0 Å². The quantitative estimate of drug-likeness (QED) is 0.947. The molecule has 2 amide bonds. The molecule has 2 atom stereocenters. The Morgan fingerprint density at radius 1 is 1.36 bits per heavy atom. The maximum atomic E-state index is 12.6. The number of piperidine rings is 1. The predicted molar refractivity (Wildman–Crippen MR) is 85.4 cm³/mol. The fourth-order valence-electron chi connectivity index (χ4n) is 2.90. The third-order valence-electron chi connectivity index (χ3n) is 4.00. The monoisotopic (exact) mass is 315 g/mol. The van der Waals surface area contributed by atoms with E-state index < -0.39 is 0 Å². The van der Waals surface area contributed by atoms with E-state index in [0.29, 0.717) is 18.0 Å². The number of rotatable bonds is 3. The van der Waals surface area contributed by atoms with Gasteiger partial charge in [-0.25, -0.2) is 4.98 Å². The Bertz CT molecular complexity index is 657. The number of hydrogen-bond acceptors (Lipinski definition) is 4. The highest BCUT2D eigenvalue weighted by molar-refractivity contribution is 7.13. The second kappa shape index (κ2) is 6.27. The number of carbonyl (C=O) groups is 2. The first-order valence-electron chi connectivity index (χ1n) is 7.18. The summed E-state index contributed by atoms with van der Waals surface area (Å²) in [5.41, 5.74) is 0.984. The van der Waals surface area contributed by atoms with Crippen molar-refractivity contribution in [3.8, 4) is 0 Å². The van der Waals surface area contributed by atoms with Crippen LogP contribution < -0.4 is 5.32 Å². The number of nitrogens with one attached hydrogen (secondary N) is 1. The molecule has 5 nitrogen and oxygen atoms in total. The third kappa shape index (κ3) is 2.87. The number of benzene rings is 1. The molecule has 1 saturated heterocycles. The molecule has 2 aromatic rings.